The van der Waals surface area contributed by atoms with Crippen molar-refractivity contribution in [3.63, 3.8) is 0 Å². The molecule has 104 valence electrons. The normalized spacial score (nSPS) is 10.2. The zero-order chi connectivity index (χ0) is 14.5. The van der Waals surface area contributed by atoms with E-state index in [0.717, 1.165) is 6.07 Å². The van der Waals surface area contributed by atoms with E-state index >= 15 is 0 Å². The molecule has 3 nitrogen and oxygen atoms in total. The second-order valence-electron chi connectivity index (χ2n) is 3.92. The van der Waals surface area contributed by atoms with Crippen LogP contribution >= 0.6 is 11.6 Å². The quantitative estimate of drug-likeness (QED) is 0.936. The summed E-state index contributed by atoms with van der Waals surface area (Å²) in [7, 11) is 0. The van der Waals surface area contributed by atoms with Gasteiger partial charge in [0.2, 0.25) is 0 Å². The number of halogens is 3. The fourth-order valence-corrected chi connectivity index (χ4v) is 1.62. The molecule has 2 aromatic rings. The number of benzene rings is 2. The summed E-state index contributed by atoms with van der Waals surface area (Å²) in [4.78, 5) is 11.6. The van der Waals surface area contributed by atoms with Gasteiger partial charge in [-0.05, 0) is 36.4 Å². The van der Waals surface area contributed by atoms with Crippen molar-refractivity contribution < 1.29 is 18.3 Å². The average Bonchev–Trinajstić information content (AvgIpc) is 2.43. The second-order valence-corrected chi connectivity index (χ2v) is 4.33. The van der Waals surface area contributed by atoms with Gasteiger partial charge in [-0.15, -0.1) is 0 Å². The van der Waals surface area contributed by atoms with E-state index in [1.807, 2.05) is 0 Å². The van der Waals surface area contributed by atoms with Crippen molar-refractivity contribution in [2.45, 2.75) is 0 Å². The predicted octanol–water partition coefficient (Wildman–Crippen LogP) is 3.64. The lowest BCUT2D eigenvalue weighted by Crippen LogP contribution is -2.20. The molecule has 0 saturated heterocycles. The van der Waals surface area contributed by atoms with Gasteiger partial charge in [0.15, 0.2) is 6.61 Å². The van der Waals surface area contributed by atoms with Crippen LogP contribution in [0.2, 0.25) is 5.02 Å². The smallest absolute Gasteiger partial charge is 0.262 e. The van der Waals surface area contributed by atoms with Gasteiger partial charge in [0.05, 0.1) is 5.02 Å². The van der Waals surface area contributed by atoms with Crippen molar-refractivity contribution >= 4 is 23.2 Å². The summed E-state index contributed by atoms with van der Waals surface area (Å²) in [5.74, 6) is -1.09. The lowest BCUT2D eigenvalue weighted by atomic mass is 10.3. The fourth-order valence-electron chi connectivity index (χ4n) is 1.45. The van der Waals surface area contributed by atoms with Gasteiger partial charge < -0.3 is 10.1 Å². The zero-order valence-electron chi connectivity index (χ0n) is 10.2. The Labute approximate surface area is 119 Å². The average molecular weight is 298 g/mol. The third kappa shape index (κ3) is 3.93. The minimum Gasteiger partial charge on any atom is -0.484 e. The van der Waals surface area contributed by atoms with Gasteiger partial charge in [0, 0.05) is 11.8 Å². The number of rotatable bonds is 4. The van der Waals surface area contributed by atoms with Gasteiger partial charge >= 0.3 is 0 Å². The molecule has 6 heteroatoms. The lowest BCUT2D eigenvalue weighted by molar-refractivity contribution is -0.118. The van der Waals surface area contributed by atoms with Crippen LogP contribution in [0.25, 0.3) is 0 Å². The van der Waals surface area contributed by atoms with E-state index in [9.17, 15) is 13.6 Å². The molecule has 1 amide bonds. The van der Waals surface area contributed by atoms with Crippen LogP contribution in [0, 0.1) is 11.6 Å². The molecule has 1 N–H and O–H groups in total. The Balaban J connectivity index is 1.88. The van der Waals surface area contributed by atoms with Crippen LogP contribution < -0.4 is 10.1 Å². The molecule has 0 spiro atoms. The van der Waals surface area contributed by atoms with Gasteiger partial charge in [-0.2, -0.15) is 0 Å². The summed E-state index contributed by atoms with van der Waals surface area (Å²) in [6, 6.07) is 9.13. The maximum atomic E-state index is 12.9. The molecule has 0 aliphatic rings. The molecule has 2 aromatic carbocycles. The first kappa shape index (κ1) is 14.3. The molecule has 0 bridgehead atoms. The number of anilines is 1. The third-order valence-corrected chi connectivity index (χ3v) is 2.68. The van der Waals surface area contributed by atoms with E-state index in [4.69, 9.17) is 16.3 Å². The number of ether oxygens (including phenoxy) is 1. The maximum Gasteiger partial charge on any atom is 0.262 e. The van der Waals surface area contributed by atoms with Crippen LogP contribution in [-0.2, 0) is 4.79 Å². The minimum absolute atomic E-state index is 0.0820. The first-order valence-electron chi connectivity index (χ1n) is 5.68. The topological polar surface area (TPSA) is 38.3 Å². The van der Waals surface area contributed by atoms with Crippen LogP contribution in [0.1, 0.15) is 0 Å². The summed E-state index contributed by atoms with van der Waals surface area (Å²) in [6.07, 6.45) is 0. The molecular weight excluding hydrogens is 288 g/mol. The van der Waals surface area contributed by atoms with Crippen LogP contribution in [0.5, 0.6) is 5.75 Å². The predicted molar refractivity (Wildman–Crippen MR) is 71.9 cm³/mol. The lowest BCUT2D eigenvalue weighted by Gasteiger charge is -2.08. The number of hydrogen-bond acceptors (Lipinski definition) is 2. The fraction of sp³-hybridized carbons (Fsp3) is 0.0714. The Morgan fingerprint density at radius 2 is 1.85 bits per heavy atom. The third-order valence-electron chi connectivity index (χ3n) is 2.39. The number of carbonyl (C=O) groups excluding carboxylic acids is 1. The standard InChI is InChI=1S/C14H10ClF2NO2/c15-12-7-11(5-6-13(12)17)20-8-14(19)18-10-3-1-9(16)2-4-10/h1-7H,8H2,(H,18,19). The molecule has 0 fully saturated rings. The van der Waals surface area contributed by atoms with E-state index < -0.39 is 11.7 Å². The number of carbonyl (C=O) groups is 1. The molecule has 0 heterocycles. The van der Waals surface area contributed by atoms with E-state index in [-0.39, 0.29) is 23.2 Å². The second kappa shape index (κ2) is 6.34. The van der Waals surface area contributed by atoms with E-state index in [1.165, 1.54) is 36.4 Å². The van der Waals surface area contributed by atoms with Crippen molar-refractivity contribution in [2.24, 2.45) is 0 Å². The Morgan fingerprint density at radius 3 is 2.50 bits per heavy atom. The van der Waals surface area contributed by atoms with Crippen LogP contribution in [0.4, 0.5) is 14.5 Å². The highest BCUT2D eigenvalue weighted by Crippen LogP contribution is 2.21. The highest BCUT2D eigenvalue weighted by Gasteiger charge is 2.06. The SMILES string of the molecule is O=C(COc1ccc(F)c(Cl)c1)Nc1ccc(F)cc1. The Hall–Kier alpha value is -2.14. The van der Waals surface area contributed by atoms with E-state index in [2.05, 4.69) is 5.32 Å². The van der Waals surface area contributed by atoms with Crippen molar-refractivity contribution in [3.05, 3.63) is 59.1 Å². The number of hydrogen-bond donors (Lipinski definition) is 1. The molecule has 0 unspecified atom stereocenters. The number of nitrogens with one attached hydrogen (secondary N) is 1. The van der Waals surface area contributed by atoms with Gasteiger partial charge in [0.1, 0.15) is 17.4 Å². The highest BCUT2D eigenvalue weighted by molar-refractivity contribution is 6.30. The molecular formula is C14H10ClF2NO2. The number of amides is 1. The molecule has 0 aromatic heterocycles. The Bertz CT molecular complexity index is 617. The minimum atomic E-state index is -0.560. The first-order valence-corrected chi connectivity index (χ1v) is 6.05. The van der Waals surface area contributed by atoms with Crippen molar-refractivity contribution in [1.82, 2.24) is 0 Å². The van der Waals surface area contributed by atoms with Crippen molar-refractivity contribution in [2.75, 3.05) is 11.9 Å². The van der Waals surface area contributed by atoms with Crippen LogP contribution in [-0.4, -0.2) is 12.5 Å². The molecule has 0 aliphatic heterocycles. The summed E-state index contributed by atoms with van der Waals surface area (Å²) in [5, 5.41) is 2.45. The van der Waals surface area contributed by atoms with E-state index in [1.54, 1.807) is 0 Å². The molecule has 2 rings (SSSR count). The maximum absolute atomic E-state index is 12.9. The molecule has 0 aliphatic carbocycles. The Morgan fingerprint density at radius 1 is 1.15 bits per heavy atom. The summed E-state index contributed by atoms with van der Waals surface area (Å²) in [5.41, 5.74) is 0.456. The highest BCUT2D eigenvalue weighted by atomic mass is 35.5. The monoisotopic (exact) mass is 297 g/mol. The molecule has 0 atom stereocenters. The van der Waals surface area contributed by atoms with Crippen molar-refractivity contribution in [3.8, 4) is 5.75 Å². The van der Waals surface area contributed by atoms with E-state index in [0.29, 0.717) is 5.69 Å². The Kier molecular flexibility index (Phi) is 4.53. The summed E-state index contributed by atoms with van der Waals surface area (Å²) in [6.45, 7) is -0.265. The van der Waals surface area contributed by atoms with Gasteiger partial charge in [-0.1, -0.05) is 11.6 Å². The zero-order valence-corrected chi connectivity index (χ0v) is 11.0. The largest absolute Gasteiger partial charge is 0.484 e. The summed E-state index contributed by atoms with van der Waals surface area (Å²) >= 11 is 5.58. The first-order chi connectivity index (χ1) is 9.54. The molecule has 0 radical (unpaired) electrons. The molecule has 0 saturated carbocycles. The summed E-state index contributed by atoms with van der Waals surface area (Å²) < 4.78 is 30.8. The molecule has 20 heavy (non-hydrogen) atoms. The van der Waals surface area contributed by atoms with Gasteiger partial charge in [-0.25, -0.2) is 8.78 Å². The van der Waals surface area contributed by atoms with Crippen LogP contribution in [0.15, 0.2) is 42.5 Å². The van der Waals surface area contributed by atoms with Crippen LogP contribution in [0.3, 0.4) is 0 Å². The van der Waals surface area contributed by atoms with Gasteiger partial charge in [-0.3, -0.25) is 4.79 Å². The van der Waals surface area contributed by atoms with Crippen molar-refractivity contribution in [1.29, 1.82) is 0 Å². The van der Waals surface area contributed by atoms with Gasteiger partial charge in [0.25, 0.3) is 5.91 Å².